The number of rotatable bonds is 8. The van der Waals surface area contributed by atoms with Crippen molar-refractivity contribution in [2.45, 2.75) is 12.1 Å². The smallest absolute Gasteiger partial charge is 0.321 e. The molecule has 0 aromatic rings. The summed E-state index contributed by atoms with van der Waals surface area (Å²) in [5.41, 5.74) is 10.4. The standard InChI is InChI=1S/C7H14N2O5S2/c8-4(6(10)11)1-15-3-16(14)2-5(9)7(12)13/h4-5H,1-3,8-9H2,(H,10,11)(H,12,13)/t4-,5-,16+/m0/s1. The number of thioether (sulfide) groups is 1. The first kappa shape index (κ1) is 15.4. The maximum atomic E-state index is 11.3. The first-order valence-corrected chi connectivity index (χ1v) is 6.88. The summed E-state index contributed by atoms with van der Waals surface area (Å²) in [5, 5.41) is 17.0. The molecule has 9 heteroatoms. The molecule has 0 saturated heterocycles. The number of hydrogen-bond donors (Lipinski definition) is 4. The summed E-state index contributed by atoms with van der Waals surface area (Å²) in [6.45, 7) is 0. The highest BCUT2D eigenvalue weighted by atomic mass is 32.2. The molecule has 0 radical (unpaired) electrons. The Balaban J connectivity index is 3.74. The zero-order valence-corrected chi connectivity index (χ0v) is 10.00. The van der Waals surface area contributed by atoms with Crippen LogP contribution in [0.4, 0.5) is 0 Å². The van der Waals surface area contributed by atoms with Gasteiger partial charge in [-0.25, -0.2) is 0 Å². The fraction of sp³-hybridized carbons (Fsp3) is 0.714. The highest BCUT2D eigenvalue weighted by Gasteiger charge is 2.16. The molecule has 3 atom stereocenters. The highest BCUT2D eigenvalue weighted by molar-refractivity contribution is 8.10. The van der Waals surface area contributed by atoms with Crippen molar-refractivity contribution in [2.24, 2.45) is 11.5 Å². The molecule has 0 aliphatic carbocycles. The predicted octanol–water partition coefficient (Wildman–Crippen LogP) is -1.75. The Morgan fingerprint density at radius 3 is 2.12 bits per heavy atom. The molecule has 0 aromatic heterocycles. The topological polar surface area (TPSA) is 144 Å². The highest BCUT2D eigenvalue weighted by Crippen LogP contribution is 2.05. The van der Waals surface area contributed by atoms with E-state index in [2.05, 4.69) is 0 Å². The van der Waals surface area contributed by atoms with Crippen molar-refractivity contribution < 1.29 is 24.0 Å². The van der Waals surface area contributed by atoms with Gasteiger partial charge in [-0.2, -0.15) is 0 Å². The zero-order valence-electron chi connectivity index (χ0n) is 8.37. The third kappa shape index (κ3) is 6.77. The van der Waals surface area contributed by atoms with Crippen molar-refractivity contribution in [2.75, 3.05) is 16.6 Å². The fourth-order valence-corrected chi connectivity index (χ4v) is 3.11. The molecule has 0 fully saturated rings. The van der Waals surface area contributed by atoms with Crippen molar-refractivity contribution in [1.29, 1.82) is 0 Å². The molecular formula is C7H14N2O5S2. The van der Waals surface area contributed by atoms with Crippen LogP contribution in [0.5, 0.6) is 0 Å². The Morgan fingerprint density at radius 2 is 1.69 bits per heavy atom. The van der Waals surface area contributed by atoms with Crippen molar-refractivity contribution in [3.8, 4) is 0 Å². The van der Waals surface area contributed by atoms with E-state index in [-0.39, 0.29) is 16.6 Å². The van der Waals surface area contributed by atoms with Gasteiger partial charge in [0.2, 0.25) is 0 Å². The predicted molar refractivity (Wildman–Crippen MR) is 61.6 cm³/mol. The van der Waals surface area contributed by atoms with Crippen LogP contribution in [0.1, 0.15) is 0 Å². The molecule has 0 saturated carbocycles. The van der Waals surface area contributed by atoms with E-state index in [9.17, 15) is 13.8 Å². The molecule has 0 aliphatic rings. The van der Waals surface area contributed by atoms with Gasteiger partial charge in [-0.05, 0) is 0 Å². The summed E-state index contributed by atoms with van der Waals surface area (Å²) >= 11 is 1.10. The summed E-state index contributed by atoms with van der Waals surface area (Å²) in [6, 6.07) is -2.16. The second-order valence-electron chi connectivity index (χ2n) is 2.98. The van der Waals surface area contributed by atoms with Crippen LogP contribution in [0.3, 0.4) is 0 Å². The lowest BCUT2D eigenvalue weighted by Gasteiger charge is -2.07. The van der Waals surface area contributed by atoms with Gasteiger partial charge in [0, 0.05) is 16.6 Å². The largest absolute Gasteiger partial charge is 0.480 e. The lowest BCUT2D eigenvalue weighted by molar-refractivity contribution is -0.138. The lowest BCUT2D eigenvalue weighted by Crippen LogP contribution is -2.36. The summed E-state index contributed by atoms with van der Waals surface area (Å²) < 4.78 is 11.3. The van der Waals surface area contributed by atoms with Crippen molar-refractivity contribution in [3.63, 3.8) is 0 Å². The SMILES string of the molecule is N[C@@H](CSC[S@](=O)C[C@H](N)C(=O)O)C(=O)O. The van der Waals surface area contributed by atoms with Crippen molar-refractivity contribution >= 4 is 34.5 Å². The molecule has 0 bridgehead atoms. The molecule has 0 aromatic carbocycles. The molecule has 94 valence electrons. The molecule has 0 amide bonds. The Morgan fingerprint density at radius 1 is 1.19 bits per heavy atom. The minimum absolute atomic E-state index is 0.127. The lowest BCUT2D eigenvalue weighted by atomic mass is 10.4. The molecule has 0 spiro atoms. The molecule has 0 heterocycles. The number of nitrogens with two attached hydrogens (primary N) is 2. The van der Waals surface area contributed by atoms with Gasteiger partial charge in [-0.15, -0.1) is 11.8 Å². The van der Waals surface area contributed by atoms with Gasteiger partial charge in [0.1, 0.15) is 12.1 Å². The van der Waals surface area contributed by atoms with Crippen LogP contribution < -0.4 is 11.5 Å². The van der Waals surface area contributed by atoms with Gasteiger partial charge in [0.15, 0.2) is 0 Å². The van der Waals surface area contributed by atoms with Gasteiger partial charge in [-0.3, -0.25) is 13.8 Å². The van der Waals surface area contributed by atoms with Gasteiger partial charge in [0.05, 0.1) is 10.8 Å². The summed E-state index contributed by atoms with van der Waals surface area (Å²) in [5.74, 6) is -2.35. The van der Waals surface area contributed by atoms with E-state index in [1.807, 2.05) is 0 Å². The molecule has 7 nitrogen and oxygen atoms in total. The van der Waals surface area contributed by atoms with E-state index in [1.54, 1.807) is 0 Å². The average Bonchev–Trinajstić information content (AvgIpc) is 2.16. The van der Waals surface area contributed by atoms with Crippen LogP contribution in [0.25, 0.3) is 0 Å². The second kappa shape index (κ2) is 7.60. The van der Waals surface area contributed by atoms with Crippen LogP contribution in [0, 0.1) is 0 Å². The third-order valence-electron chi connectivity index (χ3n) is 1.51. The second-order valence-corrected chi connectivity index (χ2v) is 5.88. The summed E-state index contributed by atoms with van der Waals surface area (Å²) in [6.07, 6.45) is 0. The minimum Gasteiger partial charge on any atom is -0.480 e. The summed E-state index contributed by atoms with van der Waals surface area (Å²) in [4.78, 5) is 20.7. The molecule has 0 aliphatic heterocycles. The van der Waals surface area contributed by atoms with Gasteiger partial charge < -0.3 is 21.7 Å². The fourth-order valence-electron chi connectivity index (χ4n) is 0.659. The summed E-state index contributed by atoms with van der Waals surface area (Å²) in [7, 11) is -1.39. The quantitative estimate of drug-likeness (QED) is 0.406. The van der Waals surface area contributed by atoms with Crippen LogP contribution in [-0.4, -0.2) is 55.0 Å². The number of carboxylic acid groups (broad SMARTS) is 2. The van der Waals surface area contributed by atoms with Crippen LogP contribution in [0.2, 0.25) is 0 Å². The zero-order chi connectivity index (χ0) is 12.7. The van der Waals surface area contributed by atoms with Gasteiger partial charge in [0.25, 0.3) is 0 Å². The van der Waals surface area contributed by atoms with Gasteiger partial charge >= 0.3 is 11.9 Å². The molecule has 6 N–H and O–H groups in total. The van der Waals surface area contributed by atoms with Crippen molar-refractivity contribution in [3.05, 3.63) is 0 Å². The van der Waals surface area contributed by atoms with Crippen LogP contribution in [-0.2, 0) is 20.4 Å². The Kier molecular flexibility index (Phi) is 7.30. The molecule has 0 rings (SSSR count). The van der Waals surface area contributed by atoms with Crippen LogP contribution in [0.15, 0.2) is 0 Å². The van der Waals surface area contributed by atoms with E-state index >= 15 is 0 Å². The molecular weight excluding hydrogens is 256 g/mol. The number of carbonyl (C=O) groups is 2. The normalized spacial score (nSPS) is 16.4. The van der Waals surface area contributed by atoms with Crippen LogP contribution >= 0.6 is 11.8 Å². The van der Waals surface area contributed by atoms with E-state index < -0.39 is 34.8 Å². The Hall–Kier alpha value is -0.640. The van der Waals surface area contributed by atoms with E-state index in [4.69, 9.17) is 21.7 Å². The maximum absolute atomic E-state index is 11.3. The molecule has 16 heavy (non-hydrogen) atoms. The average molecular weight is 270 g/mol. The first-order chi connectivity index (χ1) is 7.34. The van der Waals surface area contributed by atoms with E-state index in [0.717, 1.165) is 11.8 Å². The van der Waals surface area contributed by atoms with Gasteiger partial charge in [-0.1, -0.05) is 0 Å². The first-order valence-electron chi connectivity index (χ1n) is 4.24. The Labute approximate surface area is 99.0 Å². The van der Waals surface area contributed by atoms with E-state index in [0.29, 0.717) is 0 Å². The third-order valence-corrected chi connectivity index (χ3v) is 4.56. The number of carboxylic acids is 2. The monoisotopic (exact) mass is 270 g/mol. The van der Waals surface area contributed by atoms with Crippen molar-refractivity contribution in [1.82, 2.24) is 0 Å². The number of hydrogen-bond acceptors (Lipinski definition) is 6. The van der Waals surface area contributed by atoms with E-state index in [1.165, 1.54) is 0 Å². The molecule has 0 unspecified atom stereocenters. The maximum Gasteiger partial charge on any atom is 0.321 e. The minimum atomic E-state index is -1.39. The Bertz CT molecular complexity index is 286. The number of aliphatic carboxylic acids is 2.